The van der Waals surface area contributed by atoms with Gasteiger partial charge in [-0.25, -0.2) is 0 Å². The number of aryl methyl sites for hydroxylation is 1. The van der Waals surface area contributed by atoms with E-state index in [4.69, 9.17) is 5.73 Å². The normalized spacial score (nSPS) is 20.1. The topological polar surface area (TPSA) is 113 Å². The first-order valence-corrected chi connectivity index (χ1v) is 10.4. The molecule has 1 aliphatic carbocycles. The third-order valence-corrected chi connectivity index (χ3v) is 6.08. The quantitative estimate of drug-likeness (QED) is 0.552. The molecule has 0 radical (unpaired) electrons. The average Bonchev–Trinajstić information content (AvgIpc) is 2.72. The lowest BCUT2D eigenvalue weighted by Crippen LogP contribution is -2.42. The molecule has 0 fully saturated rings. The highest BCUT2D eigenvalue weighted by Gasteiger charge is 2.44. The summed E-state index contributed by atoms with van der Waals surface area (Å²) in [5.41, 5.74) is 10.4. The molecule has 0 unspecified atom stereocenters. The van der Waals surface area contributed by atoms with E-state index < -0.39 is 10.8 Å². The molecule has 1 heterocycles. The number of nitriles is 1. The van der Waals surface area contributed by atoms with Gasteiger partial charge in [0.1, 0.15) is 5.82 Å². The van der Waals surface area contributed by atoms with E-state index in [0.29, 0.717) is 24.0 Å². The van der Waals surface area contributed by atoms with E-state index in [9.17, 15) is 20.2 Å². The third-order valence-electron chi connectivity index (χ3n) is 6.08. The standard InChI is InChI=1S/C25H24N4O3/c1-15-5-4-6-18(11-15)28-20-12-25(2,3)13-21(30)23(20)22(19(14-26)24(28)27)16-7-9-17(10-8-16)29(31)32/h4-11,22H,12-13,27H2,1-3H3/t22-/m1/s1. The Morgan fingerprint density at radius 2 is 1.88 bits per heavy atom. The van der Waals surface area contributed by atoms with Gasteiger partial charge in [-0.1, -0.05) is 38.1 Å². The summed E-state index contributed by atoms with van der Waals surface area (Å²) in [5, 5.41) is 21.2. The highest BCUT2D eigenvalue weighted by Crippen LogP contribution is 2.50. The van der Waals surface area contributed by atoms with Crippen molar-refractivity contribution in [1.82, 2.24) is 0 Å². The molecule has 0 spiro atoms. The van der Waals surface area contributed by atoms with Crippen LogP contribution in [0.2, 0.25) is 0 Å². The molecule has 2 N–H and O–H groups in total. The summed E-state index contributed by atoms with van der Waals surface area (Å²) >= 11 is 0. The number of nitro groups is 1. The van der Waals surface area contributed by atoms with Crippen molar-refractivity contribution in [3.63, 3.8) is 0 Å². The Morgan fingerprint density at radius 3 is 2.47 bits per heavy atom. The van der Waals surface area contributed by atoms with Crippen LogP contribution in [0.3, 0.4) is 0 Å². The van der Waals surface area contributed by atoms with Crippen molar-refractivity contribution in [1.29, 1.82) is 5.26 Å². The summed E-state index contributed by atoms with van der Waals surface area (Å²) in [5.74, 6) is -0.399. The van der Waals surface area contributed by atoms with Crippen LogP contribution in [-0.4, -0.2) is 10.7 Å². The van der Waals surface area contributed by atoms with Gasteiger partial charge in [0.25, 0.3) is 5.69 Å². The second kappa shape index (κ2) is 7.65. The minimum atomic E-state index is -0.652. The van der Waals surface area contributed by atoms with Crippen molar-refractivity contribution in [3.8, 4) is 6.07 Å². The van der Waals surface area contributed by atoms with Crippen molar-refractivity contribution >= 4 is 17.2 Å². The molecule has 7 heteroatoms. The van der Waals surface area contributed by atoms with E-state index in [2.05, 4.69) is 6.07 Å². The Bertz CT molecular complexity index is 1230. The van der Waals surface area contributed by atoms with Gasteiger partial charge in [0.05, 0.1) is 22.5 Å². The minimum absolute atomic E-state index is 0.0301. The van der Waals surface area contributed by atoms with Crippen LogP contribution in [0.15, 0.2) is 71.2 Å². The van der Waals surface area contributed by atoms with Gasteiger partial charge in [0.2, 0.25) is 0 Å². The molecule has 0 saturated carbocycles. The van der Waals surface area contributed by atoms with Gasteiger partial charge in [-0.05, 0) is 42.0 Å². The summed E-state index contributed by atoms with van der Waals surface area (Å²) in [6, 6.07) is 16.0. The summed E-state index contributed by atoms with van der Waals surface area (Å²) < 4.78 is 0. The van der Waals surface area contributed by atoms with Crippen LogP contribution in [-0.2, 0) is 4.79 Å². The zero-order valence-corrected chi connectivity index (χ0v) is 18.3. The number of Topliss-reactive ketones (excluding diaryl/α,β-unsaturated/α-hetero) is 1. The van der Waals surface area contributed by atoms with Crippen LogP contribution < -0.4 is 10.6 Å². The number of carbonyl (C=O) groups is 1. The molecule has 4 rings (SSSR count). The predicted molar refractivity (Wildman–Crippen MR) is 121 cm³/mol. The first-order chi connectivity index (χ1) is 15.1. The number of nitrogens with zero attached hydrogens (tertiary/aromatic N) is 3. The van der Waals surface area contributed by atoms with Crippen LogP contribution >= 0.6 is 0 Å². The lowest BCUT2D eigenvalue weighted by Gasteiger charge is -2.43. The first-order valence-electron chi connectivity index (χ1n) is 10.4. The molecular formula is C25H24N4O3. The molecule has 2 aliphatic rings. The largest absolute Gasteiger partial charge is 0.384 e. The van der Waals surface area contributed by atoms with E-state index in [1.807, 2.05) is 49.9 Å². The second-order valence-electron chi connectivity index (χ2n) is 9.17. The van der Waals surface area contributed by atoms with Gasteiger partial charge in [-0.3, -0.25) is 19.8 Å². The van der Waals surface area contributed by atoms with Crippen LogP contribution in [0.4, 0.5) is 11.4 Å². The summed E-state index contributed by atoms with van der Waals surface area (Å²) in [4.78, 5) is 25.9. The zero-order chi connectivity index (χ0) is 23.2. The summed E-state index contributed by atoms with van der Waals surface area (Å²) in [6.45, 7) is 6.07. The fourth-order valence-electron chi connectivity index (χ4n) is 4.69. The van der Waals surface area contributed by atoms with E-state index >= 15 is 0 Å². The van der Waals surface area contributed by atoms with E-state index in [0.717, 1.165) is 16.9 Å². The van der Waals surface area contributed by atoms with Gasteiger partial charge in [-0.15, -0.1) is 0 Å². The molecule has 0 bridgehead atoms. The van der Waals surface area contributed by atoms with Crippen LogP contribution in [0.1, 0.15) is 43.7 Å². The Morgan fingerprint density at radius 1 is 1.19 bits per heavy atom. The maximum Gasteiger partial charge on any atom is 0.269 e. The zero-order valence-electron chi connectivity index (χ0n) is 18.3. The minimum Gasteiger partial charge on any atom is -0.384 e. The number of allylic oxidation sites excluding steroid dienone is 3. The highest BCUT2D eigenvalue weighted by molar-refractivity contribution is 6.01. The Labute approximate surface area is 186 Å². The van der Waals surface area contributed by atoms with Crippen LogP contribution in [0, 0.1) is 33.8 Å². The fraction of sp³-hybridized carbons (Fsp3) is 0.280. The van der Waals surface area contributed by atoms with E-state index in [-0.39, 0.29) is 28.3 Å². The van der Waals surface area contributed by atoms with Crippen molar-refractivity contribution in [2.75, 3.05) is 4.90 Å². The number of rotatable bonds is 3. The molecule has 32 heavy (non-hydrogen) atoms. The van der Waals surface area contributed by atoms with Crippen molar-refractivity contribution in [2.45, 2.75) is 39.5 Å². The van der Waals surface area contributed by atoms with Gasteiger partial charge < -0.3 is 5.73 Å². The number of carbonyl (C=O) groups excluding carboxylic acids is 1. The summed E-state index contributed by atoms with van der Waals surface area (Å²) in [6.07, 6.45) is 0.973. The van der Waals surface area contributed by atoms with Gasteiger partial charge in [0.15, 0.2) is 5.78 Å². The molecule has 162 valence electrons. The van der Waals surface area contributed by atoms with Gasteiger partial charge in [0, 0.05) is 35.5 Å². The number of ketones is 1. The highest BCUT2D eigenvalue weighted by atomic mass is 16.6. The molecular weight excluding hydrogens is 404 g/mol. The molecule has 0 aromatic heterocycles. The molecule has 7 nitrogen and oxygen atoms in total. The van der Waals surface area contributed by atoms with Crippen LogP contribution in [0.5, 0.6) is 0 Å². The van der Waals surface area contributed by atoms with E-state index in [1.165, 1.54) is 12.1 Å². The SMILES string of the molecule is Cc1cccc(N2C(N)=C(C#N)[C@@H](c3ccc([N+](=O)[O-])cc3)C3=C2CC(C)(C)CC3=O)c1. The Balaban J connectivity index is 1.97. The average molecular weight is 428 g/mol. The number of hydrogen-bond acceptors (Lipinski definition) is 6. The molecule has 2 aromatic carbocycles. The Kier molecular flexibility index (Phi) is 5.09. The number of benzene rings is 2. The smallest absolute Gasteiger partial charge is 0.269 e. The fourth-order valence-corrected chi connectivity index (χ4v) is 4.69. The van der Waals surface area contributed by atoms with Crippen LogP contribution in [0.25, 0.3) is 0 Å². The number of nitrogens with two attached hydrogens (primary N) is 1. The van der Waals surface area contributed by atoms with E-state index in [1.54, 1.807) is 12.1 Å². The monoisotopic (exact) mass is 428 g/mol. The first kappa shape index (κ1) is 21.3. The molecule has 1 aliphatic heterocycles. The van der Waals surface area contributed by atoms with Crippen molar-refractivity contribution in [3.05, 3.63) is 92.4 Å². The predicted octanol–water partition coefficient (Wildman–Crippen LogP) is 4.84. The molecule has 0 amide bonds. The maximum atomic E-state index is 13.4. The lowest BCUT2D eigenvalue weighted by atomic mass is 9.68. The van der Waals surface area contributed by atoms with Gasteiger partial charge in [-0.2, -0.15) is 5.26 Å². The second-order valence-corrected chi connectivity index (χ2v) is 9.17. The molecule has 2 aromatic rings. The summed E-state index contributed by atoms with van der Waals surface area (Å²) in [7, 11) is 0. The number of nitro benzene ring substituents is 1. The Hall–Kier alpha value is -3.92. The van der Waals surface area contributed by atoms with Crippen molar-refractivity contribution in [2.24, 2.45) is 11.1 Å². The number of anilines is 1. The maximum absolute atomic E-state index is 13.4. The molecule has 0 saturated heterocycles. The number of non-ortho nitro benzene ring substituents is 1. The number of hydrogen-bond donors (Lipinski definition) is 1. The molecule has 1 atom stereocenters. The van der Waals surface area contributed by atoms with Gasteiger partial charge >= 0.3 is 0 Å². The van der Waals surface area contributed by atoms with Crippen molar-refractivity contribution < 1.29 is 9.72 Å². The third kappa shape index (κ3) is 3.54. The lowest BCUT2D eigenvalue weighted by molar-refractivity contribution is -0.384.